The highest BCUT2D eigenvalue weighted by molar-refractivity contribution is 7.89. The molecule has 0 unspecified atom stereocenters. The van der Waals surface area contributed by atoms with Crippen LogP contribution in [-0.2, 0) is 29.5 Å². The van der Waals surface area contributed by atoms with E-state index in [1.807, 2.05) is 28.8 Å². The molecule has 3 heterocycles. The molecule has 0 spiro atoms. The highest BCUT2D eigenvalue weighted by atomic mass is 32.2. The summed E-state index contributed by atoms with van der Waals surface area (Å²) in [6, 6.07) is 11.7. The lowest BCUT2D eigenvalue weighted by Gasteiger charge is -2.27. The van der Waals surface area contributed by atoms with Gasteiger partial charge in [-0.05, 0) is 35.6 Å². The van der Waals surface area contributed by atoms with Gasteiger partial charge in [0.2, 0.25) is 10.0 Å². The Balaban J connectivity index is 1.77. The fraction of sp³-hybridized carbons (Fsp3) is 0.350. The van der Waals surface area contributed by atoms with Gasteiger partial charge >= 0.3 is 0 Å². The molecule has 4 rings (SSSR count). The summed E-state index contributed by atoms with van der Waals surface area (Å²) in [5, 5.41) is 0.701. The zero-order valence-corrected chi connectivity index (χ0v) is 15.9. The van der Waals surface area contributed by atoms with Crippen molar-refractivity contribution in [1.82, 2.24) is 13.9 Å². The third-order valence-corrected chi connectivity index (χ3v) is 6.75. The largest absolute Gasteiger partial charge is 0.331 e. The second-order valence-corrected chi connectivity index (χ2v) is 9.18. The monoisotopic (exact) mass is 369 g/mol. The zero-order valence-electron chi connectivity index (χ0n) is 15.1. The van der Waals surface area contributed by atoms with Crippen molar-refractivity contribution in [2.24, 2.45) is 5.92 Å². The van der Waals surface area contributed by atoms with Crippen LogP contribution in [0.15, 0.2) is 53.7 Å². The van der Waals surface area contributed by atoms with Gasteiger partial charge in [-0.3, -0.25) is 0 Å². The Kier molecular flexibility index (Phi) is 4.32. The number of pyridine rings is 1. The molecular weight excluding hydrogens is 346 g/mol. The van der Waals surface area contributed by atoms with Gasteiger partial charge in [-0.2, -0.15) is 4.31 Å². The molecule has 0 saturated heterocycles. The molecule has 0 aliphatic carbocycles. The molecule has 0 amide bonds. The van der Waals surface area contributed by atoms with E-state index in [2.05, 4.69) is 24.9 Å². The number of sulfonamides is 1. The molecule has 0 saturated carbocycles. The van der Waals surface area contributed by atoms with E-state index in [0.29, 0.717) is 29.3 Å². The lowest BCUT2D eigenvalue weighted by molar-refractivity contribution is 0.391. The van der Waals surface area contributed by atoms with E-state index < -0.39 is 10.0 Å². The number of hydrogen-bond donors (Lipinski definition) is 0. The average molecular weight is 369 g/mol. The Bertz CT molecular complexity index is 1050. The summed E-state index contributed by atoms with van der Waals surface area (Å²) in [5.74, 6) is 0.407. The van der Waals surface area contributed by atoms with Gasteiger partial charge in [0.05, 0.1) is 0 Å². The van der Waals surface area contributed by atoms with Crippen LogP contribution in [0.5, 0.6) is 0 Å². The predicted molar refractivity (Wildman–Crippen MR) is 102 cm³/mol. The van der Waals surface area contributed by atoms with Crippen LogP contribution in [0.4, 0.5) is 0 Å². The van der Waals surface area contributed by atoms with Crippen LogP contribution in [0, 0.1) is 5.92 Å². The highest BCUT2D eigenvalue weighted by Crippen LogP contribution is 2.30. The zero-order chi connectivity index (χ0) is 18.3. The molecule has 6 heteroatoms. The molecule has 3 aromatic rings. The molecule has 26 heavy (non-hydrogen) atoms. The topological polar surface area (TPSA) is 55.2 Å². The van der Waals surface area contributed by atoms with Gasteiger partial charge in [0.1, 0.15) is 10.5 Å². The quantitative estimate of drug-likeness (QED) is 0.708. The summed E-state index contributed by atoms with van der Waals surface area (Å²) in [5.41, 5.74) is 3.06. The maximum atomic E-state index is 13.4. The summed E-state index contributed by atoms with van der Waals surface area (Å²) in [4.78, 5) is 4.79. The smallest absolute Gasteiger partial charge is 0.245 e. The first-order valence-electron chi connectivity index (χ1n) is 8.97. The minimum atomic E-state index is -3.57. The van der Waals surface area contributed by atoms with Crippen molar-refractivity contribution in [3.8, 4) is 0 Å². The number of aromatic nitrogens is 2. The summed E-state index contributed by atoms with van der Waals surface area (Å²) in [6.45, 7) is 5.91. The van der Waals surface area contributed by atoms with Crippen LogP contribution in [-0.4, -0.2) is 28.8 Å². The number of benzene rings is 1. The second-order valence-electron chi connectivity index (χ2n) is 7.27. The van der Waals surface area contributed by atoms with Gasteiger partial charge < -0.3 is 4.57 Å². The molecule has 1 aromatic carbocycles. The van der Waals surface area contributed by atoms with Gasteiger partial charge in [-0.25, -0.2) is 13.4 Å². The van der Waals surface area contributed by atoms with Crippen molar-refractivity contribution >= 4 is 21.1 Å². The summed E-state index contributed by atoms with van der Waals surface area (Å²) >= 11 is 0. The van der Waals surface area contributed by atoms with Crippen LogP contribution < -0.4 is 0 Å². The molecule has 1 aliphatic heterocycles. The van der Waals surface area contributed by atoms with Crippen molar-refractivity contribution in [1.29, 1.82) is 0 Å². The maximum absolute atomic E-state index is 13.4. The third kappa shape index (κ3) is 2.93. The molecule has 0 atom stereocenters. The molecule has 2 aromatic heterocycles. The van der Waals surface area contributed by atoms with Crippen molar-refractivity contribution < 1.29 is 8.42 Å². The second kappa shape index (κ2) is 6.52. The Morgan fingerprint density at radius 2 is 1.88 bits per heavy atom. The van der Waals surface area contributed by atoms with E-state index in [1.54, 1.807) is 22.8 Å². The van der Waals surface area contributed by atoms with Gasteiger partial charge in [-0.15, -0.1) is 0 Å². The molecule has 0 bridgehead atoms. The lowest BCUT2D eigenvalue weighted by atomic mass is 10.0. The molecule has 0 N–H and O–H groups in total. The molecule has 136 valence electrons. The van der Waals surface area contributed by atoms with Crippen LogP contribution in [0.1, 0.15) is 25.0 Å². The number of rotatable bonds is 4. The molecule has 0 fully saturated rings. The fourth-order valence-electron chi connectivity index (χ4n) is 3.64. The van der Waals surface area contributed by atoms with Crippen LogP contribution in [0.2, 0.25) is 0 Å². The van der Waals surface area contributed by atoms with Crippen LogP contribution in [0.3, 0.4) is 0 Å². The van der Waals surface area contributed by atoms with Gasteiger partial charge in [0.15, 0.2) is 0 Å². The van der Waals surface area contributed by atoms with E-state index >= 15 is 0 Å². The maximum Gasteiger partial charge on any atom is 0.245 e. The Morgan fingerprint density at radius 3 is 2.65 bits per heavy atom. The number of hydrogen-bond acceptors (Lipinski definition) is 3. The Morgan fingerprint density at radius 1 is 1.12 bits per heavy atom. The normalized spacial score (nSPS) is 15.5. The number of nitrogens with zero attached hydrogens (tertiary/aromatic N) is 3. The summed E-state index contributed by atoms with van der Waals surface area (Å²) in [6.07, 6.45) is 4.22. The van der Waals surface area contributed by atoms with Crippen molar-refractivity contribution in [3.63, 3.8) is 0 Å². The van der Waals surface area contributed by atoms with Crippen LogP contribution in [0.25, 0.3) is 11.0 Å². The van der Waals surface area contributed by atoms with E-state index in [1.165, 1.54) is 5.56 Å². The Labute approximate surface area is 154 Å². The fourth-order valence-corrected chi connectivity index (χ4v) is 5.26. The SMILES string of the molecule is CC(C)Cn1cc(S(=O)(=O)N2CCc3ccccc3C2)c2cccnc21. The molecular formula is C20H23N3O2S. The first-order valence-corrected chi connectivity index (χ1v) is 10.4. The summed E-state index contributed by atoms with van der Waals surface area (Å²) < 4.78 is 30.3. The van der Waals surface area contributed by atoms with Crippen molar-refractivity contribution in [3.05, 3.63) is 59.9 Å². The minimum Gasteiger partial charge on any atom is -0.331 e. The number of fused-ring (bicyclic) bond motifs is 2. The van der Waals surface area contributed by atoms with Gasteiger partial charge in [0, 0.05) is 37.4 Å². The standard InChI is InChI=1S/C20H23N3O2S/c1-15(2)12-22-14-19(18-8-5-10-21-20(18)22)26(24,25)23-11-9-16-6-3-4-7-17(16)13-23/h3-8,10,14-15H,9,11-13H2,1-2H3. The van der Waals surface area contributed by atoms with Crippen molar-refractivity contribution in [2.45, 2.75) is 38.3 Å². The van der Waals surface area contributed by atoms with E-state index in [-0.39, 0.29) is 0 Å². The Hall–Kier alpha value is -2.18. The molecule has 5 nitrogen and oxygen atoms in total. The highest BCUT2D eigenvalue weighted by Gasteiger charge is 2.31. The van der Waals surface area contributed by atoms with Gasteiger partial charge in [0.25, 0.3) is 0 Å². The lowest BCUT2D eigenvalue weighted by Crippen LogP contribution is -2.35. The van der Waals surface area contributed by atoms with E-state index in [4.69, 9.17) is 0 Å². The van der Waals surface area contributed by atoms with Crippen molar-refractivity contribution in [2.75, 3.05) is 6.54 Å². The average Bonchev–Trinajstić information content (AvgIpc) is 3.00. The van der Waals surface area contributed by atoms with E-state index in [9.17, 15) is 8.42 Å². The van der Waals surface area contributed by atoms with Gasteiger partial charge in [-0.1, -0.05) is 38.1 Å². The molecule has 0 radical (unpaired) electrons. The van der Waals surface area contributed by atoms with Crippen LogP contribution >= 0.6 is 0 Å². The summed E-state index contributed by atoms with van der Waals surface area (Å²) in [7, 11) is -3.57. The third-order valence-electron chi connectivity index (χ3n) is 4.87. The molecule has 1 aliphatic rings. The minimum absolute atomic E-state index is 0.362. The predicted octanol–water partition coefficient (Wildman–Crippen LogP) is 3.44. The van der Waals surface area contributed by atoms with E-state index in [0.717, 1.165) is 24.2 Å². The first kappa shape index (κ1) is 17.2. The first-order chi connectivity index (χ1) is 12.5.